The van der Waals surface area contributed by atoms with E-state index in [1.54, 1.807) is 0 Å². The maximum absolute atomic E-state index is 11.8. The number of hydrogen-bond donors (Lipinski definition) is 4. The van der Waals surface area contributed by atoms with E-state index in [0.717, 1.165) is 21.6 Å². The Morgan fingerprint density at radius 2 is 0.938 bits per heavy atom. The van der Waals surface area contributed by atoms with E-state index in [-0.39, 0.29) is 37.2 Å². The maximum Gasteiger partial charge on any atom is 0.220 e. The molecular weight excluding hydrogens is 472 g/mol. The zero-order chi connectivity index (χ0) is 24.8. The lowest BCUT2D eigenvalue weighted by Crippen LogP contribution is -2.68. The highest BCUT2D eigenvalue weighted by Gasteiger charge is 2.19. The van der Waals surface area contributed by atoms with Gasteiger partial charge >= 0.3 is 0 Å². The molecule has 0 heterocycles. The lowest BCUT2D eigenvalue weighted by molar-refractivity contribution is -0.438. The number of nitrogens with one attached hydrogen (secondary N) is 2. The predicted molar refractivity (Wildman–Crippen MR) is 101 cm³/mol. The third kappa shape index (κ3) is 13.0. The molecule has 0 bridgehead atoms. The summed E-state index contributed by atoms with van der Waals surface area (Å²) in [5, 5.41) is 47.8. The molecule has 16 heteroatoms. The van der Waals surface area contributed by atoms with Crippen molar-refractivity contribution in [1.82, 2.24) is 10.6 Å². The second-order valence-electron chi connectivity index (χ2n) is 6.56. The molecule has 0 spiro atoms. The summed E-state index contributed by atoms with van der Waals surface area (Å²) in [4.78, 5) is 66.9. The van der Waals surface area contributed by atoms with E-state index in [2.05, 4.69) is 22.1 Å². The summed E-state index contributed by atoms with van der Waals surface area (Å²) in [6.45, 7) is 0. The number of carbonyl (C=O) groups is 6. The average molecular weight is 497 g/mol. The van der Waals surface area contributed by atoms with E-state index in [4.69, 9.17) is 0 Å². The van der Waals surface area contributed by atoms with Crippen LogP contribution in [0.15, 0.2) is 0 Å². The molecule has 4 unspecified atom stereocenters. The highest BCUT2D eigenvalue weighted by Crippen LogP contribution is 2.23. The first-order chi connectivity index (χ1) is 14.8. The van der Waals surface area contributed by atoms with Crippen LogP contribution < -0.4 is 42.5 Å². The first-order valence-electron chi connectivity index (χ1n) is 9.17. The van der Waals surface area contributed by atoms with Crippen molar-refractivity contribution < 1.29 is 60.7 Å². The van der Waals surface area contributed by atoms with Crippen molar-refractivity contribution in [3.8, 4) is 0 Å². The Morgan fingerprint density at radius 1 is 0.625 bits per heavy atom. The summed E-state index contributed by atoms with van der Waals surface area (Å²) in [5.74, 6) is -7.98. The van der Waals surface area contributed by atoms with E-state index in [9.17, 15) is 49.2 Å². The molecule has 2 amide bonds. The molecule has 182 valence electrons. The summed E-state index contributed by atoms with van der Waals surface area (Å²) >= 11 is 0. The van der Waals surface area contributed by atoms with Crippen molar-refractivity contribution >= 4 is 57.3 Å². The van der Waals surface area contributed by atoms with E-state index in [1.807, 2.05) is 0 Å². The number of carboxylic acids is 4. The molecule has 0 saturated heterocycles. The van der Waals surface area contributed by atoms with E-state index in [0.29, 0.717) is 0 Å². The minimum Gasteiger partial charge on any atom is -0.548 e. The van der Waals surface area contributed by atoms with Gasteiger partial charge in [-0.05, 0) is 0 Å². The zero-order valence-corrected chi connectivity index (χ0v) is 18.5. The van der Waals surface area contributed by atoms with Gasteiger partial charge in [-0.2, -0.15) is 0 Å². The molecule has 0 radical (unpaired) electrons. The predicted octanol–water partition coefficient (Wildman–Crippen LogP) is -8.88. The van der Waals surface area contributed by atoms with Gasteiger partial charge < -0.3 is 61.7 Å². The Bertz CT molecular complexity index is 650. The molecule has 14 nitrogen and oxygen atoms in total. The Hall–Kier alpha value is -2.56. The molecular formula is C16H24N4O10S2-2. The standard InChI is InChI=1S/C16H26N4O10S2/c17-7(13(23)24)1-3-11(21)19-9(15(27)28)5-31-32-6-10(16(29)30)20-12(22)4-2-8(18)14(25)26/h7-10H,1-6,17-18H2,(H,19,21)(H,20,22)(H,23,24)(H,25,26)(H,27,28)(H,29,30)/p-2. The topological polar surface area (TPSA) is 274 Å². The lowest BCUT2D eigenvalue weighted by atomic mass is 10.1. The molecule has 0 aromatic carbocycles. The van der Waals surface area contributed by atoms with Gasteiger partial charge in [0, 0.05) is 37.2 Å². The van der Waals surface area contributed by atoms with Gasteiger partial charge in [-0.1, -0.05) is 21.6 Å². The van der Waals surface area contributed by atoms with Crippen LogP contribution in [0.4, 0.5) is 0 Å². The molecule has 0 saturated carbocycles. The zero-order valence-electron chi connectivity index (χ0n) is 16.9. The van der Waals surface area contributed by atoms with Crippen LogP contribution >= 0.6 is 21.6 Å². The van der Waals surface area contributed by atoms with Crippen LogP contribution in [0.25, 0.3) is 0 Å². The molecule has 0 rings (SSSR count). The van der Waals surface area contributed by atoms with E-state index < -0.39 is 59.9 Å². The number of amides is 2. The summed E-state index contributed by atoms with van der Waals surface area (Å²) in [5.41, 5.74) is 6.54. The molecule has 0 aromatic rings. The molecule has 32 heavy (non-hydrogen) atoms. The second-order valence-corrected chi connectivity index (χ2v) is 9.11. The van der Waals surface area contributed by atoms with Gasteiger partial charge in [-0.3, -0.25) is 9.59 Å². The van der Waals surface area contributed by atoms with Crippen LogP contribution in [0.5, 0.6) is 0 Å². The molecule has 0 aliphatic rings. The molecule has 0 aromatic heterocycles. The number of quaternary nitrogens is 2. The fraction of sp³-hybridized carbons (Fsp3) is 0.625. The highest BCUT2D eigenvalue weighted by molar-refractivity contribution is 8.76. The van der Waals surface area contributed by atoms with Crippen molar-refractivity contribution in [1.29, 1.82) is 0 Å². The van der Waals surface area contributed by atoms with Crippen molar-refractivity contribution in [2.24, 2.45) is 0 Å². The first kappa shape index (κ1) is 29.4. The molecule has 8 N–H and O–H groups in total. The fourth-order valence-electron chi connectivity index (χ4n) is 1.95. The second kappa shape index (κ2) is 15.3. The number of carbonyl (C=O) groups excluding carboxylic acids is 6. The Labute approximate surface area is 190 Å². The SMILES string of the molecule is [NH3+]C(CCC(=O)NC(CSSCC(NC(=O)CCC([NH3+])C(=O)[O-])C(=O)[O-])C(=O)[O-])C(=O)[O-]. The van der Waals surface area contributed by atoms with Gasteiger partial charge in [-0.15, -0.1) is 0 Å². The van der Waals surface area contributed by atoms with Crippen molar-refractivity contribution in [3.63, 3.8) is 0 Å². The largest absolute Gasteiger partial charge is 0.548 e. The summed E-state index contributed by atoms with van der Waals surface area (Å²) < 4.78 is 0. The van der Waals surface area contributed by atoms with Crippen LogP contribution in [-0.2, 0) is 28.8 Å². The number of aliphatic carboxylic acids is 4. The van der Waals surface area contributed by atoms with E-state index >= 15 is 0 Å². The fourth-order valence-corrected chi connectivity index (χ4v) is 4.25. The van der Waals surface area contributed by atoms with Crippen LogP contribution in [0.2, 0.25) is 0 Å². The number of rotatable bonds is 17. The van der Waals surface area contributed by atoms with Crippen LogP contribution in [0.1, 0.15) is 25.7 Å². The van der Waals surface area contributed by atoms with Gasteiger partial charge in [0.05, 0.1) is 36.0 Å². The Morgan fingerprint density at radius 3 is 1.19 bits per heavy atom. The lowest BCUT2D eigenvalue weighted by Gasteiger charge is -2.21. The number of hydrogen-bond acceptors (Lipinski definition) is 12. The first-order valence-corrected chi connectivity index (χ1v) is 11.7. The van der Waals surface area contributed by atoms with E-state index in [1.165, 1.54) is 0 Å². The van der Waals surface area contributed by atoms with Gasteiger partial charge in [-0.25, -0.2) is 0 Å². The Kier molecular flexibility index (Phi) is 14.1. The number of carboxylic acid groups (broad SMARTS) is 4. The van der Waals surface area contributed by atoms with Crippen LogP contribution in [0.3, 0.4) is 0 Å². The monoisotopic (exact) mass is 496 g/mol. The van der Waals surface area contributed by atoms with Gasteiger partial charge in [0.15, 0.2) is 0 Å². The molecule has 0 aliphatic carbocycles. The van der Waals surface area contributed by atoms with Crippen LogP contribution in [0, 0.1) is 0 Å². The minimum atomic E-state index is -1.60. The Balaban J connectivity index is 4.46. The van der Waals surface area contributed by atoms with Gasteiger partial charge in [0.2, 0.25) is 11.8 Å². The maximum atomic E-state index is 11.8. The summed E-state index contributed by atoms with van der Waals surface area (Å²) in [6.07, 6.45) is -0.898. The van der Waals surface area contributed by atoms with Gasteiger partial charge in [0.1, 0.15) is 12.1 Å². The van der Waals surface area contributed by atoms with Crippen molar-refractivity contribution in [3.05, 3.63) is 0 Å². The highest BCUT2D eigenvalue weighted by atomic mass is 33.1. The molecule has 0 aliphatic heterocycles. The van der Waals surface area contributed by atoms with Crippen LogP contribution in [-0.4, -0.2) is 71.4 Å². The normalized spacial score (nSPS) is 14.4. The molecule has 0 fully saturated rings. The third-order valence-corrected chi connectivity index (χ3v) is 6.32. The smallest absolute Gasteiger partial charge is 0.220 e. The van der Waals surface area contributed by atoms with Gasteiger partial charge in [0.25, 0.3) is 0 Å². The summed E-state index contributed by atoms with van der Waals surface area (Å²) in [7, 11) is 1.76. The quantitative estimate of drug-likeness (QED) is 0.108. The third-order valence-electron chi connectivity index (χ3n) is 3.90. The minimum absolute atomic E-state index is 0.152. The van der Waals surface area contributed by atoms with Crippen molar-refractivity contribution in [2.75, 3.05) is 11.5 Å². The average Bonchev–Trinajstić information content (AvgIpc) is 2.70. The summed E-state index contributed by atoms with van der Waals surface area (Å²) in [6, 6.07) is -5.13. The molecule has 4 atom stereocenters. The van der Waals surface area contributed by atoms with Crippen molar-refractivity contribution in [2.45, 2.75) is 49.9 Å².